The molecule has 0 saturated carbocycles. The van der Waals surface area contributed by atoms with Gasteiger partial charge in [-0.25, -0.2) is 0 Å². The van der Waals surface area contributed by atoms with Crippen molar-refractivity contribution in [2.75, 3.05) is 47.0 Å². The average molecular weight is 357 g/mol. The molecule has 2 aliphatic rings. The van der Waals surface area contributed by atoms with E-state index in [9.17, 15) is 9.59 Å². The molecule has 7 heteroatoms. The van der Waals surface area contributed by atoms with Crippen LogP contribution in [0.15, 0.2) is 24.3 Å². The van der Waals surface area contributed by atoms with Crippen LogP contribution in [0.2, 0.25) is 0 Å². The summed E-state index contributed by atoms with van der Waals surface area (Å²) in [7, 11) is 3.39. The van der Waals surface area contributed by atoms with Gasteiger partial charge in [-0.3, -0.25) is 9.59 Å². The lowest BCUT2D eigenvalue weighted by molar-refractivity contribution is -0.141. The molecule has 0 aromatic heterocycles. The van der Waals surface area contributed by atoms with E-state index in [2.05, 4.69) is 6.07 Å². The molecule has 2 heterocycles. The number of nitriles is 1. The maximum atomic E-state index is 12.6. The molecular weight excluding hydrogens is 334 g/mol. The molecule has 1 aromatic rings. The zero-order valence-corrected chi connectivity index (χ0v) is 15.1. The summed E-state index contributed by atoms with van der Waals surface area (Å²) >= 11 is 0. The molecular formula is C19H23N3O4. The number of ether oxygens (including phenoxy) is 2. The van der Waals surface area contributed by atoms with Crippen molar-refractivity contribution in [3.63, 3.8) is 0 Å². The minimum atomic E-state index is -0.371. The van der Waals surface area contributed by atoms with Crippen LogP contribution in [0, 0.1) is 17.2 Å². The maximum Gasteiger partial charge on any atom is 0.254 e. The normalized spacial score (nSPS) is 20.5. The molecule has 1 aromatic carbocycles. The van der Waals surface area contributed by atoms with Crippen LogP contribution in [-0.4, -0.2) is 74.2 Å². The standard InChI is InChI=1S/C19H23N3O4/c1-21(2)17(23)11-25-10-16-6-7-26-19(16)12-22(13-19)18(24)15-5-3-4-14(8-15)9-20/h3-5,8,16H,6-7,10-13H2,1-2H3/t16-/m0/s1. The quantitative estimate of drug-likeness (QED) is 0.782. The number of hydrogen-bond acceptors (Lipinski definition) is 5. The Balaban J connectivity index is 1.55. The van der Waals surface area contributed by atoms with Crippen LogP contribution < -0.4 is 0 Å². The van der Waals surface area contributed by atoms with E-state index in [1.807, 2.05) is 0 Å². The van der Waals surface area contributed by atoms with Crippen LogP contribution in [0.4, 0.5) is 0 Å². The third kappa shape index (κ3) is 3.57. The Kier molecular flexibility index (Phi) is 5.25. The molecule has 0 bridgehead atoms. The van der Waals surface area contributed by atoms with Gasteiger partial charge in [-0.15, -0.1) is 0 Å². The molecule has 0 aliphatic carbocycles. The van der Waals surface area contributed by atoms with Crippen molar-refractivity contribution in [2.24, 2.45) is 5.92 Å². The average Bonchev–Trinajstić information content (AvgIpc) is 3.03. The van der Waals surface area contributed by atoms with Crippen molar-refractivity contribution in [3.8, 4) is 6.07 Å². The Labute approximate surface area is 153 Å². The fourth-order valence-corrected chi connectivity index (χ4v) is 3.44. The third-order valence-electron chi connectivity index (χ3n) is 5.09. The van der Waals surface area contributed by atoms with Gasteiger partial charge >= 0.3 is 0 Å². The van der Waals surface area contributed by atoms with E-state index in [1.165, 1.54) is 4.90 Å². The third-order valence-corrected chi connectivity index (χ3v) is 5.09. The number of likely N-dealkylation sites (tertiary alicyclic amines) is 1. The number of carbonyl (C=O) groups is 2. The molecule has 2 aliphatic heterocycles. The summed E-state index contributed by atoms with van der Waals surface area (Å²) in [4.78, 5) is 27.4. The topological polar surface area (TPSA) is 82.9 Å². The van der Waals surface area contributed by atoms with Crippen LogP contribution in [0.25, 0.3) is 0 Å². The number of likely N-dealkylation sites (N-methyl/N-ethyl adjacent to an activating group) is 1. The SMILES string of the molecule is CN(C)C(=O)COC[C@@H]1CCOC12CN(C(=O)c1cccc(C#N)c1)C2. The molecule has 1 spiro atoms. The minimum Gasteiger partial charge on any atom is -0.371 e. The first-order chi connectivity index (χ1) is 12.4. The van der Waals surface area contributed by atoms with Gasteiger partial charge in [0.1, 0.15) is 12.2 Å². The van der Waals surface area contributed by atoms with Gasteiger partial charge in [0, 0.05) is 32.2 Å². The predicted octanol–water partition coefficient (Wildman–Crippen LogP) is 0.894. The van der Waals surface area contributed by atoms with Gasteiger partial charge in [0.05, 0.1) is 31.3 Å². The van der Waals surface area contributed by atoms with Gasteiger partial charge in [0.25, 0.3) is 5.91 Å². The lowest BCUT2D eigenvalue weighted by Crippen LogP contribution is -2.66. The molecule has 7 nitrogen and oxygen atoms in total. The first kappa shape index (κ1) is 18.4. The molecule has 0 N–H and O–H groups in total. The zero-order chi connectivity index (χ0) is 18.7. The molecule has 2 amide bonds. The fourth-order valence-electron chi connectivity index (χ4n) is 3.44. The van der Waals surface area contributed by atoms with Crippen molar-refractivity contribution in [2.45, 2.75) is 12.0 Å². The van der Waals surface area contributed by atoms with Crippen molar-refractivity contribution >= 4 is 11.8 Å². The number of nitrogens with zero attached hydrogens (tertiary/aromatic N) is 3. The summed E-state index contributed by atoms with van der Waals surface area (Å²) in [6, 6.07) is 8.77. The molecule has 1 atom stereocenters. The summed E-state index contributed by atoms with van der Waals surface area (Å²) in [6.45, 7) is 2.17. The summed E-state index contributed by atoms with van der Waals surface area (Å²) in [6.07, 6.45) is 0.863. The first-order valence-corrected chi connectivity index (χ1v) is 8.66. The van der Waals surface area contributed by atoms with E-state index >= 15 is 0 Å². The second-order valence-electron chi connectivity index (χ2n) is 7.06. The van der Waals surface area contributed by atoms with E-state index in [1.54, 1.807) is 43.3 Å². The highest BCUT2D eigenvalue weighted by molar-refractivity contribution is 5.95. The van der Waals surface area contributed by atoms with Gasteiger partial charge in [-0.2, -0.15) is 5.26 Å². The van der Waals surface area contributed by atoms with Crippen LogP contribution >= 0.6 is 0 Å². The number of amides is 2. The molecule has 2 saturated heterocycles. The van der Waals surface area contributed by atoms with Crippen LogP contribution in [-0.2, 0) is 14.3 Å². The Morgan fingerprint density at radius 3 is 2.88 bits per heavy atom. The van der Waals surface area contributed by atoms with Crippen LogP contribution in [0.3, 0.4) is 0 Å². The van der Waals surface area contributed by atoms with Crippen molar-refractivity contribution in [1.29, 1.82) is 5.26 Å². The largest absolute Gasteiger partial charge is 0.371 e. The first-order valence-electron chi connectivity index (χ1n) is 8.66. The minimum absolute atomic E-state index is 0.0587. The summed E-state index contributed by atoms with van der Waals surface area (Å²) < 4.78 is 11.5. The van der Waals surface area contributed by atoms with Crippen LogP contribution in [0.1, 0.15) is 22.3 Å². The highest BCUT2D eigenvalue weighted by Crippen LogP contribution is 2.40. The summed E-state index contributed by atoms with van der Waals surface area (Å²) in [5.41, 5.74) is 0.616. The molecule has 26 heavy (non-hydrogen) atoms. The highest BCUT2D eigenvalue weighted by atomic mass is 16.5. The van der Waals surface area contributed by atoms with E-state index in [0.717, 1.165) is 6.42 Å². The summed E-state index contributed by atoms with van der Waals surface area (Å²) in [5, 5.41) is 8.98. The predicted molar refractivity (Wildman–Crippen MR) is 93.4 cm³/mol. The molecule has 138 valence electrons. The van der Waals surface area contributed by atoms with Crippen LogP contribution in [0.5, 0.6) is 0 Å². The fraction of sp³-hybridized carbons (Fsp3) is 0.526. The van der Waals surface area contributed by atoms with Gasteiger partial charge in [0.2, 0.25) is 5.91 Å². The summed E-state index contributed by atoms with van der Waals surface area (Å²) in [5.74, 6) is 0.0124. The van der Waals surface area contributed by atoms with Gasteiger partial charge in [-0.05, 0) is 24.6 Å². The highest BCUT2D eigenvalue weighted by Gasteiger charge is 2.54. The van der Waals surface area contributed by atoms with E-state index in [0.29, 0.717) is 37.4 Å². The smallest absolute Gasteiger partial charge is 0.254 e. The van der Waals surface area contributed by atoms with Gasteiger partial charge in [-0.1, -0.05) is 6.07 Å². The van der Waals surface area contributed by atoms with E-state index in [4.69, 9.17) is 14.7 Å². The Morgan fingerprint density at radius 1 is 1.42 bits per heavy atom. The van der Waals surface area contributed by atoms with Gasteiger partial charge < -0.3 is 19.3 Å². The number of rotatable bonds is 5. The number of hydrogen-bond donors (Lipinski definition) is 0. The molecule has 3 rings (SSSR count). The second-order valence-corrected chi connectivity index (χ2v) is 7.06. The monoisotopic (exact) mass is 357 g/mol. The second kappa shape index (κ2) is 7.44. The zero-order valence-electron chi connectivity index (χ0n) is 15.1. The van der Waals surface area contributed by atoms with E-state index in [-0.39, 0.29) is 29.9 Å². The van der Waals surface area contributed by atoms with Gasteiger partial charge in [0.15, 0.2) is 0 Å². The Morgan fingerprint density at radius 2 is 2.19 bits per heavy atom. The Bertz CT molecular complexity index is 735. The number of carbonyl (C=O) groups excluding carboxylic acids is 2. The lowest BCUT2D eigenvalue weighted by atomic mass is 9.81. The maximum absolute atomic E-state index is 12.6. The molecule has 2 fully saturated rings. The molecule has 0 radical (unpaired) electrons. The number of benzene rings is 1. The molecule has 0 unspecified atom stereocenters. The van der Waals surface area contributed by atoms with Crippen molar-refractivity contribution in [3.05, 3.63) is 35.4 Å². The van der Waals surface area contributed by atoms with Crippen molar-refractivity contribution < 1.29 is 19.1 Å². The Hall–Kier alpha value is -2.43. The van der Waals surface area contributed by atoms with Crippen molar-refractivity contribution in [1.82, 2.24) is 9.80 Å². The van der Waals surface area contributed by atoms with E-state index < -0.39 is 0 Å². The lowest BCUT2D eigenvalue weighted by Gasteiger charge is -2.50.